The number of anilines is 1. The number of benzene rings is 2. The highest BCUT2D eigenvalue weighted by atomic mass is 16.6. The summed E-state index contributed by atoms with van der Waals surface area (Å²) in [5, 5.41) is 2.86. The maximum Gasteiger partial charge on any atom is 0.347 e. The van der Waals surface area contributed by atoms with Crippen LogP contribution < -0.4 is 14.8 Å². The van der Waals surface area contributed by atoms with Crippen molar-refractivity contribution in [2.75, 3.05) is 11.9 Å². The number of carbonyl (C=O) groups excluding carboxylic acids is 2. The summed E-state index contributed by atoms with van der Waals surface area (Å²) in [5.41, 5.74) is 1.09. The SMILES string of the molecule is CCOc1ccccc1NC(=O)c1ccc(OC(C)C(=O)OC2CCCCC2)cc1. The molecule has 0 radical (unpaired) electrons. The summed E-state index contributed by atoms with van der Waals surface area (Å²) < 4.78 is 16.8. The molecule has 1 saturated carbocycles. The van der Waals surface area contributed by atoms with E-state index in [1.54, 1.807) is 37.3 Å². The minimum absolute atomic E-state index is 0.00272. The van der Waals surface area contributed by atoms with Crippen LogP contribution in [0, 0.1) is 0 Å². The Morgan fingerprint density at radius 3 is 2.43 bits per heavy atom. The monoisotopic (exact) mass is 411 g/mol. The van der Waals surface area contributed by atoms with Gasteiger partial charge in [-0.2, -0.15) is 0 Å². The van der Waals surface area contributed by atoms with Gasteiger partial charge in [-0.3, -0.25) is 4.79 Å². The van der Waals surface area contributed by atoms with Crippen molar-refractivity contribution < 1.29 is 23.8 Å². The summed E-state index contributed by atoms with van der Waals surface area (Å²) in [4.78, 5) is 24.8. The number of hydrogen-bond acceptors (Lipinski definition) is 5. The van der Waals surface area contributed by atoms with Crippen molar-refractivity contribution in [2.45, 2.75) is 58.2 Å². The highest BCUT2D eigenvalue weighted by Gasteiger charge is 2.23. The fourth-order valence-corrected chi connectivity index (χ4v) is 3.43. The standard InChI is InChI=1S/C24H29NO5/c1-3-28-22-12-8-7-11-21(22)25-23(26)18-13-15-20(16-14-18)29-17(2)24(27)30-19-9-5-4-6-10-19/h7-8,11-17,19H,3-6,9-10H2,1-2H3,(H,25,26). The van der Waals surface area contributed by atoms with Crippen LogP contribution in [0.15, 0.2) is 48.5 Å². The molecule has 1 aliphatic carbocycles. The zero-order valence-electron chi connectivity index (χ0n) is 17.6. The topological polar surface area (TPSA) is 73.9 Å². The molecule has 1 atom stereocenters. The van der Waals surface area contributed by atoms with Crippen LogP contribution in [0.25, 0.3) is 0 Å². The van der Waals surface area contributed by atoms with Gasteiger partial charge >= 0.3 is 5.97 Å². The molecule has 1 unspecified atom stereocenters. The summed E-state index contributed by atoms with van der Waals surface area (Å²) in [5.74, 6) is 0.530. The van der Waals surface area contributed by atoms with Crippen LogP contribution in [0.5, 0.6) is 11.5 Å². The molecule has 1 N–H and O–H groups in total. The molecular weight excluding hydrogens is 382 g/mol. The zero-order valence-corrected chi connectivity index (χ0v) is 17.6. The average molecular weight is 411 g/mol. The fraction of sp³-hybridized carbons (Fsp3) is 0.417. The van der Waals surface area contributed by atoms with E-state index < -0.39 is 6.10 Å². The highest BCUT2D eigenvalue weighted by Crippen LogP contribution is 2.25. The molecule has 1 aliphatic rings. The Morgan fingerprint density at radius 2 is 1.73 bits per heavy atom. The zero-order chi connectivity index (χ0) is 21.3. The maximum absolute atomic E-state index is 12.6. The van der Waals surface area contributed by atoms with Crippen LogP contribution in [0.1, 0.15) is 56.3 Å². The number of nitrogens with one attached hydrogen (secondary N) is 1. The Balaban J connectivity index is 1.55. The van der Waals surface area contributed by atoms with E-state index in [9.17, 15) is 9.59 Å². The lowest BCUT2D eigenvalue weighted by Crippen LogP contribution is -2.31. The highest BCUT2D eigenvalue weighted by molar-refractivity contribution is 6.05. The van der Waals surface area contributed by atoms with E-state index in [0.717, 1.165) is 25.7 Å². The van der Waals surface area contributed by atoms with Gasteiger partial charge in [0, 0.05) is 5.56 Å². The quantitative estimate of drug-likeness (QED) is 0.620. The minimum atomic E-state index is -0.704. The van der Waals surface area contributed by atoms with E-state index in [4.69, 9.17) is 14.2 Å². The summed E-state index contributed by atoms with van der Waals surface area (Å²) >= 11 is 0. The van der Waals surface area contributed by atoms with Gasteiger partial charge in [-0.25, -0.2) is 4.79 Å². The maximum atomic E-state index is 12.6. The second-order valence-corrected chi connectivity index (χ2v) is 7.36. The fourth-order valence-electron chi connectivity index (χ4n) is 3.43. The number of carbonyl (C=O) groups is 2. The van der Waals surface area contributed by atoms with Gasteiger partial charge in [-0.1, -0.05) is 18.6 Å². The minimum Gasteiger partial charge on any atom is -0.492 e. The predicted octanol–water partition coefficient (Wildman–Crippen LogP) is 4.98. The molecule has 160 valence electrons. The van der Waals surface area contributed by atoms with Crippen LogP contribution in [0.4, 0.5) is 5.69 Å². The molecule has 0 spiro atoms. The lowest BCUT2D eigenvalue weighted by molar-refractivity contribution is -0.158. The molecule has 0 aromatic heterocycles. The Morgan fingerprint density at radius 1 is 1.03 bits per heavy atom. The molecule has 6 heteroatoms. The number of para-hydroxylation sites is 2. The summed E-state index contributed by atoms with van der Waals surface area (Å²) in [6.07, 6.45) is 4.56. The Labute approximate surface area is 177 Å². The van der Waals surface area contributed by atoms with Crippen molar-refractivity contribution in [3.8, 4) is 11.5 Å². The number of hydrogen-bond donors (Lipinski definition) is 1. The molecular formula is C24H29NO5. The van der Waals surface area contributed by atoms with E-state index in [0.29, 0.717) is 29.4 Å². The third-order valence-electron chi connectivity index (χ3n) is 5.03. The first-order chi connectivity index (χ1) is 14.6. The van der Waals surface area contributed by atoms with Gasteiger partial charge in [-0.05, 0) is 75.9 Å². The molecule has 0 bridgehead atoms. The van der Waals surface area contributed by atoms with Crippen LogP contribution in [0.3, 0.4) is 0 Å². The summed E-state index contributed by atoms with van der Waals surface area (Å²) in [7, 11) is 0. The van der Waals surface area contributed by atoms with E-state index >= 15 is 0 Å². The molecule has 3 rings (SSSR count). The third-order valence-corrected chi connectivity index (χ3v) is 5.03. The second kappa shape index (κ2) is 10.7. The van der Waals surface area contributed by atoms with Crippen molar-refractivity contribution >= 4 is 17.6 Å². The Hall–Kier alpha value is -3.02. The van der Waals surface area contributed by atoms with Gasteiger partial charge < -0.3 is 19.5 Å². The normalized spacial score (nSPS) is 15.1. The first-order valence-electron chi connectivity index (χ1n) is 10.6. The van der Waals surface area contributed by atoms with E-state index in [-0.39, 0.29) is 18.0 Å². The van der Waals surface area contributed by atoms with Crippen molar-refractivity contribution in [3.63, 3.8) is 0 Å². The van der Waals surface area contributed by atoms with Gasteiger partial charge in [0.05, 0.1) is 12.3 Å². The van der Waals surface area contributed by atoms with Gasteiger partial charge in [0.2, 0.25) is 0 Å². The van der Waals surface area contributed by atoms with Gasteiger partial charge in [-0.15, -0.1) is 0 Å². The second-order valence-electron chi connectivity index (χ2n) is 7.36. The van der Waals surface area contributed by atoms with Crippen LogP contribution in [0.2, 0.25) is 0 Å². The van der Waals surface area contributed by atoms with Crippen molar-refractivity contribution in [2.24, 2.45) is 0 Å². The number of ether oxygens (including phenoxy) is 3. The van der Waals surface area contributed by atoms with Gasteiger partial charge in [0.25, 0.3) is 5.91 Å². The van der Waals surface area contributed by atoms with Crippen LogP contribution in [-0.4, -0.2) is 30.7 Å². The molecule has 6 nitrogen and oxygen atoms in total. The molecule has 0 heterocycles. The van der Waals surface area contributed by atoms with E-state index in [1.807, 2.05) is 25.1 Å². The molecule has 1 amide bonds. The Bertz CT molecular complexity index is 843. The average Bonchev–Trinajstić information content (AvgIpc) is 2.76. The molecule has 0 saturated heterocycles. The Kier molecular flexibility index (Phi) is 7.71. The van der Waals surface area contributed by atoms with Crippen molar-refractivity contribution in [3.05, 3.63) is 54.1 Å². The lowest BCUT2D eigenvalue weighted by atomic mass is 9.98. The largest absolute Gasteiger partial charge is 0.492 e. The third kappa shape index (κ3) is 5.99. The summed E-state index contributed by atoms with van der Waals surface area (Å²) in [6, 6.07) is 14.0. The van der Waals surface area contributed by atoms with Gasteiger partial charge in [0.1, 0.15) is 17.6 Å². The predicted molar refractivity (Wildman–Crippen MR) is 115 cm³/mol. The number of amides is 1. The van der Waals surface area contributed by atoms with Gasteiger partial charge in [0.15, 0.2) is 6.10 Å². The first-order valence-corrected chi connectivity index (χ1v) is 10.6. The van der Waals surface area contributed by atoms with E-state index in [2.05, 4.69) is 5.32 Å². The summed E-state index contributed by atoms with van der Waals surface area (Å²) in [6.45, 7) is 4.08. The first kappa shape index (κ1) is 21.7. The van der Waals surface area contributed by atoms with Crippen LogP contribution in [-0.2, 0) is 9.53 Å². The van der Waals surface area contributed by atoms with E-state index in [1.165, 1.54) is 6.42 Å². The smallest absolute Gasteiger partial charge is 0.347 e. The molecule has 1 fully saturated rings. The lowest BCUT2D eigenvalue weighted by Gasteiger charge is -2.23. The molecule has 0 aliphatic heterocycles. The number of esters is 1. The number of rotatable bonds is 8. The molecule has 2 aromatic carbocycles. The van der Waals surface area contributed by atoms with Crippen molar-refractivity contribution in [1.29, 1.82) is 0 Å². The molecule has 30 heavy (non-hydrogen) atoms. The molecule has 2 aromatic rings. The van der Waals surface area contributed by atoms with Crippen molar-refractivity contribution in [1.82, 2.24) is 0 Å². The van der Waals surface area contributed by atoms with Crippen LogP contribution >= 0.6 is 0 Å².